The van der Waals surface area contributed by atoms with Gasteiger partial charge in [-0.2, -0.15) is 0 Å². The number of thiazole rings is 1. The van der Waals surface area contributed by atoms with Gasteiger partial charge in [0.25, 0.3) is 5.91 Å². The summed E-state index contributed by atoms with van der Waals surface area (Å²) in [6, 6.07) is 19.5. The Morgan fingerprint density at radius 1 is 1.06 bits per heavy atom. The average molecular weight is 462 g/mol. The number of furan rings is 1. The van der Waals surface area contributed by atoms with E-state index >= 15 is 0 Å². The Morgan fingerprint density at radius 3 is 2.48 bits per heavy atom. The Labute approximate surface area is 195 Å². The minimum absolute atomic E-state index is 0.146. The molecule has 0 saturated carbocycles. The molecular weight excluding hydrogens is 438 g/mol. The number of aryl methyl sites for hydroxylation is 1. The van der Waals surface area contributed by atoms with Gasteiger partial charge in [0, 0.05) is 16.9 Å². The van der Waals surface area contributed by atoms with Crippen LogP contribution in [0.5, 0.6) is 5.75 Å². The molecule has 0 aliphatic rings. The van der Waals surface area contributed by atoms with Crippen molar-refractivity contribution in [3.8, 4) is 17.0 Å². The summed E-state index contributed by atoms with van der Waals surface area (Å²) in [5, 5.41) is 6.10. The number of rotatable bonds is 8. The molecule has 0 radical (unpaired) electrons. The summed E-state index contributed by atoms with van der Waals surface area (Å²) in [5.41, 5.74) is 2.64. The highest BCUT2D eigenvalue weighted by atomic mass is 32.1. The number of methoxy groups -OCH3 is 1. The largest absolute Gasteiger partial charge is 0.497 e. The molecule has 8 heteroatoms. The van der Waals surface area contributed by atoms with E-state index in [0.29, 0.717) is 11.6 Å². The first kappa shape index (κ1) is 22.3. The van der Waals surface area contributed by atoms with Crippen LogP contribution in [0.3, 0.4) is 0 Å². The SMILES string of the molecule is COc1ccc(-c2nc(NC(=O)[C@H](Cc3ccccc3)NC(=O)c3ccco3)sc2C)cc1. The number of carbonyl (C=O) groups excluding carboxylic acids is 2. The van der Waals surface area contributed by atoms with Crippen molar-refractivity contribution in [3.63, 3.8) is 0 Å². The van der Waals surface area contributed by atoms with Crippen LogP contribution in [0, 0.1) is 6.92 Å². The highest BCUT2D eigenvalue weighted by molar-refractivity contribution is 7.16. The standard InChI is InChI=1S/C25H23N3O4S/c1-16-22(18-10-12-19(31-2)13-11-18)27-25(33-16)28-23(29)20(15-17-7-4-3-5-8-17)26-24(30)21-9-6-14-32-21/h3-14,20H,15H2,1-2H3,(H,26,30)(H,27,28,29)/t20-/m0/s1. The van der Waals surface area contributed by atoms with E-state index in [9.17, 15) is 9.59 Å². The van der Waals surface area contributed by atoms with Gasteiger partial charge < -0.3 is 19.8 Å². The number of hydrogen-bond acceptors (Lipinski definition) is 6. The zero-order valence-corrected chi connectivity index (χ0v) is 19.0. The molecule has 2 aromatic heterocycles. The molecular formula is C25H23N3O4S. The predicted octanol–water partition coefficient (Wildman–Crippen LogP) is 4.70. The Hall–Kier alpha value is -3.91. The Bertz CT molecular complexity index is 1220. The van der Waals surface area contributed by atoms with Gasteiger partial charge in [0.05, 0.1) is 19.1 Å². The van der Waals surface area contributed by atoms with E-state index in [1.165, 1.54) is 17.6 Å². The van der Waals surface area contributed by atoms with Crippen LogP contribution in [0.2, 0.25) is 0 Å². The highest BCUT2D eigenvalue weighted by Gasteiger charge is 2.24. The van der Waals surface area contributed by atoms with E-state index in [1.807, 2.05) is 61.5 Å². The summed E-state index contributed by atoms with van der Waals surface area (Å²) in [5.74, 6) is 0.100. The van der Waals surface area contributed by atoms with Gasteiger partial charge in [0.1, 0.15) is 11.8 Å². The molecule has 2 aromatic carbocycles. The molecule has 0 aliphatic carbocycles. The van der Waals surface area contributed by atoms with Gasteiger partial charge in [-0.3, -0.25) is 9.59 Å². The average Bonchev–Trinajstić information content (AvgIpc) is 3.49. The maximum atomic E-state index is 13.2. The first-order chi connectivity index (χ1) is 16.0. The summed E-state index contributed by atoms with van der Waals surface area (Å²) in [6.07, 6.45) is 1.75. The van der Waals surface area contributed by atoms with Crippen molar-refractivity contribution >= 4 is 28.3 Å². The van der Waals surface area contributed by atoms with Gasteiger partial charge in [-0.1, -0.05) is 30.3 Å². The lowest BCUT2D eigenvalue weighted by Crippen LogP contribution is -2.45. The van der Waals surface area contributed by atoms with Crippen molar-refractivity contribution in [2.75, 3.05) is 12.4 Å². The van der Waals surface area contributed by atoms with Crippen LogP contribution in [0.25, 0.3) is 11.3 Å². The molecule has 4 aromatic rings. The molecule has 33 heavy (non-hydrogen) atoms. The van der Waals surface area contributed by atoms with E-state index in [4.69, 9.17) is 9.15 Å². The maximum absolute atomic E-state index is 13.2. The van der Waals surface area contributed by atoms with E-state index in [-0.39, 0.29) is 11.7 Å². The van der Waals surface area contributed by atoms with E-state index in [0.717, 1.165) is 27.4 Å². The number of benzene rings is 2. The number of anilines is 1. The smallest absolute Gasteiger partial charge is 0.287 e. The molecule has 2 amide bonds. The molecule has 4 rings (SSSR count). The van der Waals surface area contributed by atoms with Crippen molar-refractivity contribution < 1.29 is 18.7 Å². The summed E-state index contributed by atoms with van der Waals surface area (Å²) in [7, 11) is 1.62. The van der Waals surface area contributed by atoms with Crippen molar-refractivity contribution in [1.29, 1.82) is 0 Å². The number of aromatic nitrogens is 1. The van der Waals surface area contributed by atoms with E-state index < -0.39 is 11.9 Å². The summed E-state index contributed by atoms with van der Waals surface area (Å²) < 4.78 is 10.4. The van der Waals surface area contributed by atoms with Crippen LogP contribution in [0.15, 0.2) is 77.4 Å². The predicted molar refractivity (Wildman–Crippen MR) is 128 cm³/mol. The molecule has 2 heterocycles. The third-order valence-corrected chi connectivity index (χ3v) is 5.93. The molecule has 0 fully saturated rings. The lowest BCUT2D eigenvalue weighted by molar-refractivity contribution is -0.118. The maximum Gasteiger partial charge on any atom is 0.287 e. The van der Waals surface area contributed by atoms with Crippen LogP contribution in [0.1, 0.15) is 21.0 Å². The first-order valence-electron chi connectivity index (χ1n) is 10.3. The van der Waals surface area contributed by atoms with E-state index in [2.05, 4.69) is 15.6 Å². The van der Waals surface area contributed by atoms with Crippen LogP contribution >= 0.6 is 11.3 Å². The lowest BCUT2D eigenvalue weighted by atomic mass is 10.1. The zero-order valence-electron chi connectivity index (χ0n) is 18.2. The van der Waals surface area contributed by atoms with Gasteiger partial charge >= 0.3 is 0 Å². The van der Waals surface area contributed by atoms with Crippen LogP contribution in [0.4, 0.5) is 5.13 Å². The van der Waals surface area contributed by atoms with Crippen LogP contribution < -0.4 is 15.4 Å². The van der Waals surface area contributed by atoms with Crippen molar-refractivity contribution in [3.05, 3.63) is 89.2 Å². The number of ether oxygens (including phenoxy) is 1. The molecule has 1 atom stereocenters. The second-order valence-corrected chi connectivity index (χ2v) is 8.54. The molecule has 0 saturated heterocycles. The van der Waals surface area contributed by atoms with Crippen LogP contribution in [-0.2, 0) is 11.2 Å². The van der Waals surface area contributed by atoms with Gasteiger partial charge in [-0.15, -0.1) is 11.3 Å². The summed E-state index contributed by atoms with van der Waals surface area (Å²) >= 11 is 1.38. The molecule has 0 bridgehead atoms. The van der Waals surface area contributed by atoms with Gasteiger partial charge in [-0.25, -0.2) is 4.98 Å². The topological polar surface area (TPSA) is 93.5 Å². The molecule has 168 valence electrons. The molecule has 2 N–H and O–H groups in total. The molecule has 0 spiro atoms. The minimum Gasteiger partial charge on any atom is -0.497 e. The van der Waals surface area contributed by atoms with Gasteiger partial charge in [0.2, 0.25) is 5.91 Å². The minimum atomic E-state index is -0.807. The number of carbonyl (C=O) groups is 2. The second-order valence-electron chi connectivity index (χ2n) is 7.33. The number of nitrogens with one attached hydrogen (secondary N) is 2. The summed E-state index contributed by atoms with van der Waals surface area (Å²) in [4.78, 5) is 31.3. The van der Waals surface area contributed by atoms with Crippen molar-refractivity contribution in [2.24, 2.45) is 0 Å². The normalized spacial score (nSPS) is 11.6. The highest BCUT2D eigenvalue weighted by Crippen LogP contribution is 2.31. The fourth-order valence-corrected chi connectivity index (χ4v) is 4.19. The fourth-order valence-electron chi connectivity index (χ4n) is 3.36. The quantitative estimate of drug-likeness (QED) is 0.397. The third kappa shape index (κ3) is 5.48. The lowest BCUT2D eigenvalue weighted by Gasteiger charge is -2.17. The van der Waals surface area contributed by atoms with Crippen molar-refractivity contribution in [1.82, 2.24) is 10.3 Å². The fraction of sp³-hybridized carbons (Fsp3) is 0.160. The summed E-state index contributed by atoms with van der Waals surface area (Å²) in [6.45, 7) is 1.95. The molecule has 7 nitrogen and oxygen atoms in total. The number of hydrogen-bond donors (Lipinski definition) is 2. The Morgan fingerprint density at radius 2 is 1.82 bits per heavy atom. The van der Waals surface area contributed by atoms with Gasteiger partial charge in [0.15, 0.2) is 10.9 Å². The Balaban J connectivity index is 1.52. The molecule has 0 aliphatic heterocycles. The monoisotopic (exact) mass is 461 g/mol. The molecule has 0 unspecified atom stereocenters. The zero-order chi connectivity index (χ0) is 23.2. The number of nitrogens with zero attached hydrogens (tertiary/aromatic N) is 1. The second kappa shape index (κ2) is 10.1. The van der Waals surface area contributed by atoms with Gasteiger partial charge in [-0.05, 0) is 48.9 Å². The first-order valence-corrected chi connectivity index (χ1v) is 11.2. The number of amides is 2. The van der Waals surface area contributed by atoms with Crippen LogP contribution in [-0.4, -0.2) is 29.9 Å². The van der Waals surface area contributed by atoms with E-state index in [1.54, 1.807) is 19.2 Å². The third-order valence-electron chi connectivity index (χ3n) is 5.04. The van der Waals surface area contributed by atoms with Crippen molar-refractivity contribution in [2.45, 2.75) is 19.4 Å². The Kier molecular flexibility index (Phi) is 6.85.